The summed E-state index contributed by atoms with van der Waals surface area (Å²) >= 11 is 3.57. The molecule has 2 aromatic rings. The number of benzene rings is 2. The molecule has 0 amide bonds. The predicted octanol–water partition coefficient (Wildman–Crippen LogP) is 6.33. The molecule has 0 aliphatic rings. The van der Waals surface area contributed by atoms with Gasteiger partial charge in [0.05, 0.1) is 13.0 Å². The maximum Gasteiger partial charge on any atom is 0.306 e. The Morgan fingerprint density at radius 1 is 1.07 bits per heavy atom. The first-order valence-electron chi connectivity index (χ1n) is 9.27. The van der Waals surface area contributed by atoms with Crippen molar-refractivity contribution in [3.63, 3.8) is 0 Å². The van der Waals surface area contributed by atoms with Crippen LogP contribution in [-0.2, 0) is 16.1 Å². The van der Waals surface area contributed by atoms with Crippen LogP contribution in [0.1, 0.15) is 54.6 Å². The van der Waals surface area contributed by atoms with E-state index in [4.69, 9.17) is 9.47 Å². The molecule has 0 spiro atoms. The minimum Gasteiger partial charge on any atom is -0.489 e. The lowest BCUT2D eigenvalue weighted by atomic mass is 9.95. The van der Waals surface area contributed by atoms with Gasteiger partial charge in [0.25, 0.3) is 0 Å². The lowest BCUT2D eigenvalue weighted by Gasteiger charge is -2.14. The van der Waals surface area contributed by atoms with Crippen LogP contribution in [0.5, 0.6) is 5.75 Å². The number of hydrogen-bond donors (Lipinski definition) is 0. The first kappa shape index (κ1) is 21.2. The molecule has 27 heavy (non-hydrogen) atoms. The van der Waals surface area contributed by atoms with E-state index in [-0.39, 0.29) is 11.9 Å². The Morgan fingerprint density at radius 2 is 1.70 bits per heavy atom. The van der Waals surface area contributed by atoms with Crippen molar-refractivity contribution < 1.29 is 14.3 Å². The van der Waals surface area contributed by atoms with Crippen molar-refractivity contribution in [1.29, 1.82) is 0 Å². The van der Waals surface area contributed by atoms with Crippen LogP contribution in [-0.4, -0.2) is 12.6 Å². The Hall–Kier alpha value is -2.07. The van der Waals surface area contributed by atoms with Gasteiger partial charge in [0.15, 0.2) is 0 Å². The van der Waals surface area contributed by atoms with Gasteiger partial charge in [-0.3, -0.25) is 4.79 Å². The van der Waals surface area contributed by atoms with E-state index < -0.39 is 0 Å². The molecular weight excluding hydrogens is 404 g/mol. The number of rotatable bonds is 9. The molecule has 144 valence electrons. The minimum absolute atomic E-state index is 0.0156. The molecule has 2 atom stereocenters. The highest BCUT2D eigenvalue weighted by atomic mass is 79.9. The Balaban J connectivity index is 1.97. The molecule has 0 saturated heterocycles. The number of hydrogen-bond acceptors (Lipinski definition) is 3. The van der Waals surface area contributed by atoms with Crippen molar-refractivity contribution in [2.24, 2.45) is 0 Å². The van der Waals surface area contributed by atoms with Crippen molar-refractivity contribution in [2.45, 2.75) is 44.5 Å². The van der Waals surface area contributed by atoms with Crippen molar-refractivity contribution >= 4 is 21.9 Å². The van der Waals surface area contributed by atoms with Crippen LogP contribution in [0.25, 0.3) is 0 Å². The molecule has 2 rings (SSSR count). The van der Waals surface area contributed by atoms with Gasteiger partial charge in [-0.15, -0.1) is 0 Å². The van der Waals surface area contributed by atoms with E-state index >= 15 is 0 Å². The fraction of sp³-hybridized carbons (Fsp3) is 0.348. The lowest BCUT2D eigenvalue weighted by Crippen LogP contribution is -2.09. The summed E-state index contributed by atoms with van der Waals surface area (Å²) in [5, 5.41) is 0. The number of carbonyl (C=O) groups is 1. The highest BCUT2D eigenvalue weighted by molar-refractivity contribution is 9.09. The molecule has 2 unspecified atom stereocenters. The van der Waals surface area contributed by atoms with E-state index in [1.165, 1.54) is 5.56 Å². The van der Waals surface area contributed by atoms with Gasteiger partial charge in [0.1, 0.15) is 12.4 Å². The smallest absolute Gasteiger partial charge is 0.306 e. The second kappa shape index (κ2) is 10.9. The maximum absolute atomic E-state index is 11.8. The van der Waals surface area contributed by atoms with Crippen molar-refractivity contribution in [2.75, 3.05) is 6.61 Å². The molecule has 0 fully saturated rings. The Kier molecular flexibility index (Phi) is 8.59. The molecule has 0 aliphatic carbocycles. The number of carbonyl (C=O) groups excluding carboxylic acids is 1. The van der Waals surface area contributed by atoms with Crippen molar-refractivity contribution in [3.8, 4) is 5.75 Å². The molecule has 0 aliphatic heterocycles. The normalized spacial score (nSPS) is 13.3. The summed E-state index contributed by atoms with van der Waals surface area (Å²) in [6, 6.07) is 16.3. The molecule has 0 aromatic heterocycles. The lowest BCUT2D eigenvalue weighted by molar-refractivity contribution is -0.143. The Labute approximate surface area is 170 Å². The summed E-state index contributed by atoms with van der Waals surface area (Å²) in [7, 11) is 0. The standard InChI is InChI=1S/C23H27BrO3/c1-4-6-21(15-23(25)26-5-2)20-11-13-22(14-12-20)27-16-18-7-9-19(10-8-18)17(3)24/h4,6-14,17,21H,5,15-16H2,1-3H3. The molecule has 0 saturated carbocycles. The van der Waals surface area contributed by atoms with Gasteiger partial charge in [0, 0.05) is 10.7 Å². The van der Waals surface area contributed by atoms with Crippen LogP contribution < -0.4 is 4.74 Å². The van der Waals surface area contributed by atoms with Crippen LogP contribution in [0.15, 0.2) is 60.7 Å². The van der Waals surface area contributed by atoms with E-state index in [2.05, 4.69) is 47.1 Å². The van der Waals surface area contributed by atoms with Crippen LogP contribution in [0.3, 0.4) is 0 Å². The fourth-order valence-electron chi connectivity index (χ4n) is 2.79. The fourth-order valence-corrected chi connectivity index (χ4v) is 3.09. The van der Waals surface area contributed by atoms with E-state index in [9.17, 15) is 4.79 Å². The maximum atomic E-state index is 11.8. The zero-order valence-electron chi connectivity index (χ0n) is 16.2. The number of alkyl halides is 1. The summed E-state index contributed by atoms with van der Waals surface area (Å²) in [4.78, 5) is 12.2. The highest BCUT2D eigenvalue weighted by Gasteiger charge is 2.14. The average molecular weight is 431 g/mol. The zero-order chi connectivity index (χ0) is 19.6. The monoisotopic (exact) mass is 430 g/mol. The number of esters is 1. The summed E-state index contributed by atoms with van der Waals surface area (Å²) in [6.07, 6.45) is 4.34. The van der Waals surface area contributed by atoms with Gasteiger partial charge >= 0.3 is 5.97 Å². The third-order valence-corrected chi connectivity index (χ3v) is 4.80. The first-order valence-corrected chi connectivity index (χ1v) is 10.2. The second-order valence-corrected chi connectivity index (χ2v) is 7.73. The Morgan fingerprint density at radius 3 is 2.26 bits per heavy atom. The summed E-state index contributed by atoms with van der Waals surface area (Å²) < 4.78 is 11.0. The van der Waals surface area contributed by atoms with Crippen molar-refractivity contribution in [3.05, 3.63) is 77.4 Å². The van der Waals surface area contributed by atoms with Crippen molar-refractivity contribution in [1.82, 2.24) is 0 Å². The topological polar surface area (TPSA) is 35.5 Å². The van der Waals surface area contributed by atoms with E-state index in [1.54, 1.807) is 0 Å². The van der Waals surface area contributed by atoms with E-state index in [0.717, 1.165) is 16.9 Å². The number of allylic oxidation sites excluding steroid dienone is 2. The average Bonchev–Trinajstić information content (AvgIpc) is 2.67. The SMILES string of the molecule is CC=CC(CC(=O)OCC)c1ccc(OCc2ccc(C(C)Br)cc2)cc1. The third-order valence-electron chi connectivity index (χ3n) is 4.27. The van der Waals surface area contributed by atoms with E-state index in [1.807, 2.05) is 50.3 Å². The predicted molar refractivity (Wildman–Crippen MR) is 113 cm³/mol. The molecule has 3 nitrogen and oxygen atoms in total. The van der Waals surface area contributed by atoms with Gasteiger partial charge in [0.2, 0.25) is 0 Å². The minimum atomic E-state index is -0.179. The third kappa shape index (κ3) is 6.87. The van der Waals surface area contributed by atoms with Gasteiger partial charge in [-0.1, -0.05) is 64.5 Å². The molecule has 0 heterocycles. The summed E-state index contributed by atoms with van der Waals surface area (Å²) in [5.74, 6) is 0.649. The molecular formula is C23H27BrO3. The van der Waals surface area contributed by atoms with Gasteiger partial charge < -0.3 is 9.47 Å². The summed E-state index contributed by atoms with van der Waals surface area (Å²) in [6.45, 7) is 6.82. The largest absolute Gasteiger partial charge is 0.489 e. The van der Waals surface area contributed by atoms with Gasteiger partial charge in [-0.05, 0) is 49.6 Å². The molecule has 4 heteroatoms. The number of ether oxygens (including phenoxy) is 2. The zero-order valence-corrected chi connectivity index (χ0v) is 17.7. The van der Waals surface area contributed by atoms with Crippen LogP contribution in [0.2, 0.25) is 0 Å². The van der Waals surface area contributed by atoms with Crippen LogP contribution in [0.4, 0.5) is 0 Å². The molecule has 0 N–H and O–H groups in total. The van der Waals surface area contributed by atoms with Gasteiger partial charge in [-0.25, -0.2) is 0 Å². The van der Waals surface area contributed by atoms with Crippen LogP contribution >= 0.6 is 15.9 Å². The van der Waals surface area contributed by atoms with E-state index in [0.29, 0.717) is 24.5 Å². The molecule has 0 bridgehead atoms. The number of halogens is 1. The molecule has 0 radical (unpaired) electrons. The quantitative estimate of drug-likeness (QED) is 0.264. The first-order chi connectivity index (χ1) is 13.0. The van der Waals surface area contributed by atoms with Crippen LogP contribution in [0, 0.1) is 0 Å². The molecule has 2 aromatic carbocycles. The Bertz CT molecular complexity index is 733. The highest BCUT2D eigenvalue weighted by Crippen LogP contribution is 2.25. The second-order valence-electron chi connectivity index (χ2n) is 6.36. The summed E-state index contributed by atoms with van der Waals surface area (Å²) in [5.41, 5.74) is 3.45. The van der Waals surface area contributed by atoms with Gasteiger partial charge in [-0.2, -0.15) is 0 Å².